The van der Waals surface area contributed by atoms with E-state index in [1.807, 2.05) is 67.9 Å². The first-order chi connectivity index (χ1) is 14.4. The molecule has 0 saturated carbocycles. The number of aromatic nitrogens is 2. The average molecular weight is 403 g/mol. The number of nitrogens with zero attached hydrogens (tertiary/aromatic N) is 2. The third-order valence-corrected chi connectivity index (χ3v) is 5.26. The summed E-state index contributed by atoms with van der Waals surface area (Å²) in [6.45, 7) is 4.64. The molecule has 30 heavy (non-hydrogen) atoms. The summed E-state index contributed by atoms with van der Waals surface area (Å²) >= 11 is 0. The number of rotatable bonds is 5. The summed E-state index contributed by atoms with van der Waals surface area (Å²) < 4.78 is 8.78. The van der Waals surface area contributed by atoms with Gasteiger partial charge in [-0.3, -0.25) is 9.59 Å². The molecule has 2 aromatic heterocycles. The van der Waals surface area contributed by atoms with Crippen LogP contribution in [0.3, 0.4) is 0 Å². The average Bonchev–Trinajstić information content (AvgIpc) is 3.03. The Morgan fingerprint density at radius 3 is 2.63 bits per heavy atom. The fourth-order valence-electron chi connectivity index (χ4n) is 3.93. The summed E-state index contributed by atoms with van der Waals surface area (Å²) in [4.78, 5) is 26.6. The summed E-state index contributed by atoms with van der Waals surface area (Å²) in [5.41, 5.74) is 2.48. The van der Waals surface area contributed by atoms with Gasteiger partial charge < -0.3 is 19.2 Å². The van der Waals surface area contributed by atoms with Crippen LogP contribution >= 0.6 is 0 Å². The van der Waals surface area contributed by atoms with Crippen molar-refractivity contribution in [3.63, 3.8) is 0 Å². The van der Waals surface area contributed by atoms with Crippen LogP contribution in [0.1, 0.15) is 24.2 Å². The van der Waals surface area contributed by atoms with Gasteiger partial charge in [-0.15, -0.1) is 0 Å². The molecule has 2 aromatic carbocycles. The van der Waals surface area contributed by atoms with Crippen molar-refractivity contribution in [1.29, 1.82) is 0 Å². The maximum atomic E-state index is 13.4. The normalized spacial score (nSPS) is 11.4. The molecule has 4 aromatic rings. The number of hydrogen-bond donors (Lipinski definition) is 1. The molecule has 6 nitrogen and oxygen atoms in total. The number of fused-ring (bicyclic) bond motifs is 3. The molecule has 4 rings (SSSR count). The van der Waals surface area contributed by atoms with Gasteiger partial charge in [0.05, 0.1) is 12.7 Å². The number of para-hydroxylation sites is 1. The highest BCUT2D eigenvalue weighted by molar-refractivity contribution is 6.20. The van der Waals surface area contributed by atoms with Crippen molar-refractivity contribution in [3.8, 4) is 5.75 Å². The molecular formula is C24H25N3O3. The predicted molar refractivity (Wildman–Crippen MR) is 120 cm³/mol. The zero-order valence-corrected chi connectivity index (χ0v) is 17.6. The van der Waals surface area contributed by atoms with Crippen molar-refractivity contribution >= 4 is 33.4 Å². The Hall–Kier alpha value is -3.54. The smallest absolute Gasteiger partial charge is 0.275 e. The van der Waals surface area contributed by atoms with E-state index in [9.17, 15) is 9.59 Å². The van der Waals surface area contributed by atoms with E-state index in [1.54, 1.807) is 23.9 Å². The zero-order chi connectivity index (χ0) is 21.4. The molecule has 1 amide bonds. The van der Waals surface area contributed by atoms with Gasteiger partial charge in [-0.05, 0) is 24.1 Å². The first-order valence-corrected chi connectivity index (χ1v) is 9.96. The van der Waals surface area contributed by atoms with Gasteiger partial charge in [0.15, 0.2) is 0 Å². The Labute approximate surface area is 174 Å². The van der Waals surface area contributed by atoms with Crippen LogP contribution in [-0.2, 0) is 13.6 Å². The van der Waals surface area contributed by atoms with Gasteiger partial charge in [-0.25, -0.2) is 0 Å². The van der Waals surface area contributed by atoms with E-state index in [-0.39, 0.29) is 17.4 Å². The molecule has 0 unspecified atom stereocenters. The topological polar surface area (TPSA) is 65.3 Å². The molecule has 2 heterocycles. The summed E-state index contributed by atoms with van der Waals surface area (Å²) in [7, 11) is 3.46. The Kier molecular flexibility index (Phi) is 5.08. The van der Waals surface area contributed by atoms with Gasteiger partial charge in [-0.1, -0.05) is 38.1 Å². The number of amides is 1. The monoisotopic (exact) mass is 403 g/mol. The van der Waals surface area contributed by atoms with Crippen LogP contribution in [0, 0.1) is 5.92 Å². The van der Waals surface area contributed by atoms with Crippen LogP contribution < -0.4 is 15.6 Å². The molecule has 0 aliphatic rings. The minimum absolute atomic E-state index is 0.0877. The molecule has 0 aliphatic heterocycles. The molecule has 0 bridgehead atoms. The van der Waals surface area contributed by atoms with Gasteiger partial charge in [0.2, 0.25) is 0 Å². The van der Waals surface area contributed by atoms with Crippen LogP contribution in [-0.4, -0.2) is 22.2 Å². The number of nitrogens with one attached hydrogen (secondary N) is 1. The Bertz CT molecular complexity index is 1310. The number of hydrogen-bond acceptors (Lipinski definition) is 3. The lowest BCUT2D eigenvalue weighted by Crippen LogP contribution is -2.26. The van der Waals surface area contributed by atoms with Crippen molar-refractivity contribution in [1.82, 2.24) is 9.13 Å². The number of benzene rings is 2. The fourth-order valence-corrected chi connectivity index (χ4v) is 3.93. The van der Waals surface area contributed by atoms with Gasteiger partial charge >= 0.3 is 0 Å². The molecular weight excluding hydrogens is 378 g/mol. The fraction of sp³-hybridized carbons (Fsp3) is 0.250. The Morgan fingerprint density at radius 1 is 1.13 bits per heavy atom. The maximum Gasteiger partial charge on any atom is 0.275 e. The standard InChI is InChI=1S/C24H25N3O3/c1-15(2)13-27-14-19(23(28)25-16-8-7-9-17(12-16)30-4)21-18-10-5-6-11-20(18)26(3)22(21)24(27)29/h5-12,14-15H,13H2,1-4H3,(H,25,28). The van der Waals surface area contributed by atoms with Crippen molar-refractivity contribution in [2.45, 2.75) is 20.4 Å². The third-order valence-electron chi connectivity index (χ3n) is 5.26. The summed E-state index contributed by atoms with van der Waals surface area (Å²) in [5.74, 6) is 0.666. The molecule has 1 N–H and O–H groups in total. The Morgan fingerprint density at radius 2 is 1.90 bits per heavy atom. The van der Waals surface area contributed by atoms with Crippen LogP contribution in [0.2, 0.25) is 0 Å². The number of pyridine rings is 1. The first kappa shape index (κ1) is 19.8. The van der Waals surface area contributed by atoms with Crippen LogP contribution in [0.15, 0.2) is 59.5 Å². The molecule has 154 valence electrons. The lowest BCUT2D eigenvalue weighted by molar-refractivity contribution is 0.102. The third kappa shape index (κ3) is 3.34. The number of anilines is 1. The highest BCUT2D eigenvalue weighted by Gasteiger charge is 2.21. The van der Waals surface area contributed by atoms with Gasteiger partial charge in [0.25, 0.3) is 11.5 Å². The molecule has 0 atom stereocenters. The SMILES string of the molecule is COc1cccc(NC(=O)c2cn(CC(C)C)c(=O)c3c2c2ccccc2n3C)c1. The van der Waals surface area contributed by atoms with E-state index in [4.69, 9.17) is 4.74 Å². The van der Waals surface area contributed by atoms with E-state index in [2.05, 4.69) is 5.32 Å². The summed E-state index contributed by atoms with van der Waals surface area (Å²) in [6, 6.07) is 15.0. The van der Waals surface area contributed by atoms with Crippen LogP contribution in [0.25, 0.3) is 21.8 Å². The maximum absolute atomic E-state index is 13.4. The first-order valence-electron chi connectivity index (χ1n) is 9.96. The second-order valence-electron chi connectivity index (χ2n) is 7.88. The second-order valence-corrected chi connectivity index (χ2v) is 7.88. The van der Waals surface area contributed by atoms with Gasteiger partial charge in [0.1, 0.15) is 11.3 Å². The highest BCUT2D eigenvalue weighted by atomic mass is 16.5. The molecule has 0 saturated heterocycles. The summed E-state index contributed by atoms with van der Waals surface area (Å²) in [5, 5.41) is 4.52. The summed E-state index contributed by atoms with van der Waals surface area (Å²) in [6.07, 6.45) is 1.69. The van der Waals surface area contributed by atoms with Crippen molar-refractivity contribution < 1.29 is 9.53 Å². The van der Waals surface area contributed by atoms with E-state index < -0.39 is 0 Å². The van der Waals surface area contributed by atoms with E-state index in [1.165, 1.54) is 0 Å². The minimum atomic E-state index is -0.262. The second kappa shape index (κ2) is 7.71. The van der Waals surface area contributed by atoms with E-state index in [0.717, 1.165) is 10.9 Å². The lowest BCUT2D eigenvalue weighted by Gasteiger charge is -2.13. The van der Waals surface area contributed by atoms with Crippen LogP contribution in [0.5, 0.6) is 5.75 Å². The number of methoxy groups -OCH3 is 1. The van der Waals surface area contributed by atoms with E-state index >= 15 is 0 Å². The van der Waals surface area contributed by atoms with Crippen molar-refractivity contribution in [2.75, 3.05) is 12.4 Å². The number of aryl methyl sites for hydroxylation is 1. The zero-order valence-electron chi connectivity index (χ0n) is 17.6. The highest BCUT2D eigenvalue weighted by Crippen LogP contribution is 2.29. The number of carbonyl (C=O) groups is 1. The largest absolute Gasteiger partial charge is 0.497 e. The number of ether oxygens (including phenoxy) is 1. The molecule has 6 heteroatoms. The minimum Gasteiger partial charge on any atom is -0.497 e. The molecule has 0 radical (unpaired) electrons. The Balaban J connectivity index is 1.95. The quantitative estimate of drug-likeness (QED) is 0.537. The van der Waals surface area contributed by atoms with E-state index in [0.29, 0.717) is 34.4 Å². The number of carbonyl (C=O) groups excluding carboxylic acids is 1. The molecule has 0 spiro atoms. The van der Waals surface area contributed by atoms with Gasteiger partial charge in [-0.2, -0.15) is 0 Å². The van der Waals surface area contributed by atoms with Crippen molar-refractivity contribution in [3.05, 3.63) is 70.6 Å². The van der Waals surface area contributed by atoms with Crippen molar-refractivity contribution in [2.24, 2.45) is 13.0 Å². The molecule has 0 aliphatic carbocycles. The lowest BCUT2D eigenvalue weighted by atomic mass is 10.1. The van der Waals surface area contributed by atoms with Crippen LogP contribution in [0.4, 0.5) is 5.69 Å². The molecule has 0 fully saturated rings. The predicted octanol–water partition coefficient (Wildman–Crippen LogP) is 4.41. The van der Waals surface area contributed by atoms with Gasteiger partial charge in [0, 0.05) is 47.8 Å².